The molecule has 1 aromatic carbocycles. The average Bonchev–Trinajstić information content (AvgIpc) is 2.33. The SMILES string of the molecule is CSC(C)CCNC1CC(c2ccc(Cl)cc2)C1. The van der Waals surface area contributed by atoms with E-state index in [4.69, 9.17) is 11.6 Å². The van der Waals surface area contributed by atoms with E-state index in [9.17, 15) is 0 Å². The van der Waals surface area contributed by atoms with Gasteiger partial charge in [0, 0.05) is 16.3 Å². The first-order chi connectivity index (χ1) is 8.69. The fraction of sp³-hybridized carbons (Fsp3) is 0.600. The van der Waals surface area contributed by atoms with E-state index in [1.54, 1.807) is 0 Å². The molecule has 0 heterocycles. The maximum atomic E-state index is 5.90. The minimum Gasteiger partial charge on any atom is -0.314 e. The van der Waals surface area contributed by atoms with E-state index in [-0.39, 0.29) is 0 Å². The Morgan fingerprint density at radius 1 is 1.33 bits per heavy atom. The molecule has 18 heavy (non-hydrogen) atoms. The molecule has 0 aliphatic heterocycles. The Morgan fingerprint density at radius 2 is 2.00 bits per heavy atom. The Morgan fingerprint density at radius 3 is 2.61 bits per heavy atom. The lowest BCUT2D eigenvalue weighted by Gasteiger charge is -2.36. The molecule has 0 bridgehead atoms. The number of hydrogen-bond acceptors (Lipinski definition) is 2. The van der Waals surface area contributed by atoms with Crippen LogP contribution in [-0.2, 0) is 0 Å². The molecule has 1 saturated carbocycles. The minimum atomic E-state index is 0.722. The molecule has 1 N–H and O–H groups in total. The molecule has 1 nitrogen and oxygen atoms in total. The van der Waals surface area contributed by atoms with E-state index in [1.807, 2.05) is 23.9 Å². The summed E-state index contributed by atoms with van der Waals surface area (Å²) in [5.41, 5.74) is 1.44. The second-order valence-corrected chi connectivity index (χ2v) is 6.92. The van der Waals surface area contributed by atoms with Gasteiger partial charge in [0.15, 0.2) is 0 Å². The molecule has 0 spiro atoms. The van der Waals surface area contributed by atoms with Crippen molar-refractivity contribution >= 4 is 23.4 Å². The number of nitrogens with one attached hydrogen (secondary N) is 1. The van der Waals surface area contributed by atoms with Crippen LogP contribution in [0.4, 0.5) is 0 Å². The van der Waals surface area contributed by atoms with Gasteiger partial charge in [-0.3, -0.25) is 0 Å². The van der Waals surface area contributed by atoms with Crippen molar-refractivity contribution in [2.24, 2.45) is 0 Å². The molecular weight excluding hydrogens is 262 g/mol. The lowest BCUT2D eigenvalue weighted by Crippen LogP contribution is -2.40. The fourth-order valence-electron chi connectivity index (χ4n) is 2.40. The zero-order chi connectivity index (χ0) is 13.0. The highest BCUT2D eigenvalue weighted by Crippen LogP contribution is 2.37. The zero-order valence-electron chi connectivity index (χ0n) is 11.2. The third-order valence-corrected chi connectivity index (χ3v) is 5.16. The second kappa shape index (κ2) is 6.83. The standard InChI is InChI=1S/C15H22ClNS/c1-11(18-2)7-8-17-15-9-13(10-15)12-3-5-14(16)6-4-12/h3-6,11,13,15,17H,7-10H2,1-2H3. The third-order valence-electron chi connectivity index (χ3n) is 3.87. The monoisotopic (exact) mass is 283 g/mol. The first-order valence-electron chi connectivity index (χ1n) is 6.70. The summed E-state index contributed by atoms with van der Waals surface area (Å²) in [4.78, 5) is 0. The Bertz CT molecular complexity index is 359. The van der Waals surface area contributed by atoms with Crippen molar-refractivity contribution in [1.29, 1.82) is 0 Å². The third kappa shape index (κ3) is 3.91. The molecule has 100 valence electrons. The molecular formula is C15H22ClNS. The number of rotatable bonds is 6. The van der Waals surface area contributed by atoms with Gasteiger partial charge in [0.25, 0.3) is 0 Å². The summed E-state index contributed by atoms with van der Waals surface area (Å²) in [6.45, 7) is 3.45. The molecule has 2 rings (SSSR count). The van der Waals surface area contributed by atoms with Gasteiger partial charge in [-0.2, -0.15) is 11.8 Å². The molecule has 1 atom stereocenters. The van der Waals surface area contributed by atoms with Crippen LogP contribution in [0.2, 0.25) is 5.02 Å². The van der Waals surface area contributed by atoms with Crippen molar-refractivity contribution in [3.63, 3.8) is 0 Å². The lowest BCUT2D eigenvalue weighted by atomic mass is 9.76. The van der Waals surface area contributed by atoms with E-state index in [0.29, 0.717) is 0 Å². The summed E-state index contributed by atoms with van der Waals surface area (Å²) >= 11 is 7.85. The Labute approximate surface area is 120 Å². The highest BCUT2D eigenvalue weighted by molar-refractivity contribution is 7.99. The van der Waals surface area contributed by atoms with E-state index >= 15 is 0 Å². The molecule has 1 fully saturated rings. The first kappa shape index (κ1) is 14.2. The van der Waals surface area contributed by atoms with Crippen LogP contribution in [0.1, 0.15) is 37.7 Å². The predicted octanol–water partition coefficient (Wildman–Crippen LogP) is 4.32. The van der Waals surface area contributed by atoms with E-state index < -0.39 is 0 Å². The van der Waals surface area contributed by atoms with Crippen LogP contribution in [0.25, 0.3) is 0 Å². The van der Waals surface area contributed by atoms with Gasteiger partial charge < -0.3 is 5.32 Å². The van der Waals surface area contributed by atoms with Crippen molar-refractivity contribution < 1.29 is 0 Å². The van der Waals surface area contributed by atoms with Crippen molar-refractivity contribution in [3.8, 4) is 0 Å². The molecule has 1 aliphatic rings. The number of thioether (sulfide) groups is 1. The smallest absolute Gasteiger partial charge is 0.0406 e. The van der Waals surface area contributed by atoms with Crippen LogP contribution in [0.3, 0.4) is 0 Å². The molecule has 0 amide bonds. The van der Waals surface area contributed by atoms with Gasteiger partial charge in [0.1, 0.15) is 0 Å². The van der Waals surface area contributed by atoms with Crippen molar-refractivity contribution in [3.05, 3.63) is 34.9 Å². The summed E-state index contributed by atoms with van der Waals surface area (Å²) in [6.07, 6.45) is 6.00. The maximum Gasteiger partial charge on any atom is 0.0406 e. The van der Waals surface area contributed by atoms with Gasteiger partial charge in [0.05, 0.1) is 0 Å². The van der Waals surface area contributed by atoms with Gasteiger partial charge in [-0.1, -0.05) is 30.7 Å². The summed E-state index contributed by atoms with van der Waals surface area (Å²) in [6, 6.07) is 9.05. The first-order valence-corrected chi connectivity index (χ1v) is 8.37. The lowest BCUT2D eigenvalue weighted by molar-refractivity contribution is 0.291. The summed E-state index contributed by atoms with van der Waals surface area (Å²) in [5, 5.41) is 5.26. The highest BCUT2D eigenvalue weighted by atomic mass is 35.5. The van der Waals surface area contributed by atoms with Gasteiger partial charge in [0.2, 0.25) is 0 Å². The molecule has 3 heteroatoms. The highest BCUT2D eigenvalue weighted by Gasteiger charge is 2.29. The average molecular weight is 284 g/mol. The quantitative estimate of drug-likeness (QED) is 0.835. The minimum absolute atomic E-state index is 0.722. The number of halogens is 1. The van der Waals surface area contributed by atoms with Crippen molar-refractivity contribution in [2.45, 2.75) is 43.4 Å². The Kier molecular flexibility index (Phi) is 5.40. The van der Waals surface area contributed by atoms with Gasteiger partial charge >= 0.3 is 0 Å². The van der Waals surface area contributed by atoms with Crippen molar-refractivity contribution in [1.82, 2.24) is 5.32 Å². The molecule has 0 radical (unpaired) electrons. The van der Waals surface area contributed by atoms with Crippen LogP contribution in [0.15, 0.2) is 24.3 Å². The largest absolute Gasteiger partial charge is 0.314 e. The van der Waals surface area contributed by atoms with Crippen LogP contribution < -0.4 is 5.32 Å². The van der Waals surface area contributed by atoms with Gasteiger partial charge in [-0.15, -0.1) is 0 Å². The Balaban J connectivity index is 1.66. The zero-order valence-corrected chi connectivity index (χ0v) is 12.7. The summed E-state index contributed by atoms with van der Waals surface area (Å²) < 4.78 is 0. The molecule has 0 aromatic heterocycles. The predicted molar refractivity (Wildman–Crippen MR) is 82.8 cm³/mol. The molecule has 1 unspecified atom stereocenters. The summed E-state index contributed by atoms with van der Waals surface area (Å²) in [7, 11) is 0. The fourth-order valence-corrected chi connectivity index (χ4v) is 2.88. The summed E-state index contributed by atoms with van der Waals surface area (Å²) in [5.74, 6) is 0.734. The maximum absolute atomic E-state index is 5.90. The van der Waals surface area contributed by atoms with Gasteiger partial charge in [-0.05, 0) is 55.7 Å². The molecule has 1 aromatic rings. The number of hydrogen-bond donors (Lipinski definition) is 1. The Hall–Kier alpha value is -0.180. The van der Waals surface area contributed by atoms with Crippen LogP contribution in [0.5, 0.6) is 0 Å². The second-order valence-electron chi connectivity index (χ2n) is 5.21. The van der Waals surface area contributed by atoms with Crippen LogP contribution in [-0.4, -0.2) is 24.1 Å². The molecule has 1 aliphatic carbocycles. The number of benzene rings is 1. The normalized spacial score (nSPS) is 24.6. The molecule has 0 saturated heterocycles. The van der Waals surface area contributed by atoms with E-state index in [0.717, 1.165) is 28.8 Å². The van der Waals surface area contributed by atoms with E-state index in [2.05, 4.69) is 30.6 Å². The van der Waals surface area contributed by atoms with Crippen molar-refractivity contribution in [2.75, 3.05) is 12.8 Å². The van der Waals surface area contributed by atoms with Crippen LogP contribution >= 0.6 is 23.4 Å². The van der Waals surface area contributed by atoms with Crippen LogP contribution in [0, 0.1) is 0 Å². The van der Waals surface area contributed by atoms with Gasteiger partial charge in [-0.25, -0.2) is 0 Å². The topological polar surface area (TPSA) is 12.0 Å². The van der Waals surface area contributed by atoms with E-state index in [1.165, 1.54) is 24.8 Å².